The molecule has 0 aliphatic carbocycles. The third-order valence-corrected chi connectivity index (χ3v) is 6.74. The summed E-state index contributed by atoms with van der Waals surface area (Å²) in [5.74, 6) is 0.803. The Labute approximate surface area is 191 Å². The lowest BCUT2D eigenvalue weighted by Gasteiger charge is -2.32. The van der Waals surface area contributed by atoms with Crippen LogP contribution in [0.2, 0.25) is 5.02 Å². The molecule has 168 valence electrons. The lowest BCUT2D eigenvalue weighted by atomic mass is 9.90. The van der Waals surface area contributed by atoms with Crippen LogP contribution in [0.4, 0.5) is 0 Å². The molecule has 31 heavy (non-hydrogen) atoms. The molecule has 0 N–H and O–H groups in total. The van der Waals surface area contributed by atoms with Crippen LogP contribution in [0, 0.1) is 5.92 Å². The molecule has 1 aliphatic rings. The van der Waals surface area contributed by atoms with E-state index in [1.807, 2.05) is 36.8 Å². The fraction of sp³-hybridized carbons (Fsp3) is 0.500. The Morgan fingerprint density at radius 1 is 1.16 bits per heavy atom. The molecule has 0 amide bonds. The van der Waals surface area contributed by atoms with Crippen molar-refractivity contribution in [2.45, 2.75) is 66.0 Å². The molecule has 0 unspecified atom stereocenters. The van der Waals surface area contributed by atoms with Crippen LogP contribution in [-0.4, -0.2) is 27.4 Å². The molecule has 1 aromatic carbocycles. The predicted octanol–water partition coefficient (Wildman–Crippen LogP) is 5.99. The van der Waals surface area contributed by atoms with Crippen molar-refractivity contribution in [1.29, 1.82) is 0 Å². The van der Waals surface area contributed by atoms with Gasteiger partial charge in [-0.1, -0.05) is 60.5 Å². The van der Waals surface area contributed by atoms with E-state index in [-0.39, 0.29) is 5.56 Å². The van der Waals surface area contributed by atoms with Gasteiger partial charge in [0.05, 0.1) is 11.4 Å². The number of allylic oxidation sites excluding steroid dienone is 4. The first kappa shape index (κ1) is 23.6. The Morgan fingerprint density at radius 2 is 1.87 bits per heavy atom. The van der Waals surface area contributed by atoms with Gasteiger partial charge in [-0.3, -0.25) is 14.4 Å². The molecule has 0 bridgehead atoms. The van der Waals surface area contributed by atoms with Crippen LogP contribution in [0.3, 0.4) is 0 Å². The second kappa shape index (κ2) is 11.5. The summed E-state index contributed by atoms with van der Waals surface area (Å²) in [7, 11) is 0. The largest absolute Gasteiger partial charge is 0.297 e. The van der Waals surface area contributed by atoms with Gasteiger partial charge in [-0.05, 0) is 77.1 Å². The lowest BCUT2D eigenvalue weighted by Crippen LogP contribution is -2.34. The lowest BCUT2D eigenvalue weighted by molar-refractivity contribution is 0.167. The maximum Gasteiger partial charge on any atom is 0.290 e. The van der Waals surface area contributed by atoms with Crippen molar-refractivity contribution in [3.8, 4) is 0 Å². The smallest absolute Gasteiger partial charge is 0.290 e. The summed E-state index contributed by atoms with van der Waals surface area (Å²) in [6.07, 6.45) is 12.0. The number of rotatable bonds is 9. The fourth-order valence-electron chi connectivity index (χ4n) is 4.64. The molecular formula is C26H36ClN3O. The molecule has 2 aromatic rings. The van der Waals surface area contributed by atoms with Gasteiger partial charge in [-0.2, -0.15) is 0 Å². The van der Waals surface area contributed by atoms with Crippen LogP contribution in [0.5, 0.6) is 0 Å². The van der Waals surface area contributed by atoms with Crippen molar-refractivity contribution >= 4 is 17.3 Å². The van der Waals surface area contributed by atoms with Crippen LogP contribution < -0.4 is 5.56 Å². The van der Waals surface area contributed by atoms with Crippen LogP contribution in [0.15, 0.2) is 53.4 Å². The Bertz CT molecular complexity index is 947. The second-order valence-corrected chi connectivity index (χ2v) is 8.78. The number of hydrogen-bond donors (Lipinski definition) is 0. The molecule has 5 heteroatoms. The SMILES string of the molecule is C/C=C\C(=C/C)n1c(=O)c(Cl)c(CN2CCC(CCCc3ccccc3)CC2)n1CC. The highest BCUT2D eigenvalue weighted by Crippen LogP contribution is 2.26. The Hall–Kier alpha value is -2.04. The molecule has 2 heterocycles. The molecule has 1 fully saturated rings. The number of aryl methyl sites for hydroxylation is 1. The van der Waals surface area contributed by atoms with Gasteiger partial charge < -0.3 is 0 Å². The van der Waals surface area contributed by atoms with E-state index in [1.54, 1.807) is 4.68 Å². The van der Waals surface area contributed by atoms with Gasteiger partial charge in [-0.25, -0.2) is 4.68 Å². The third kappa shape index (κ3) is 5.81. The van der Waals surface area contributed by atoms with E-state index in [0.29, 0.717) is 11.6 Å². The van der Waals surface area contributed by atoms with Crippen molar-refractivity contribution in [3.05, 3.63) is 75.2 Å². The zero-order chi connectivity index (χ0) is 22.2. The van der Waals surface area contributed by atoms with Gasteiger partial charge >= 0.3 is 0 Å². The summed E-state index contributed by atoms with van der Waals surface area (Å²) in [6.45, 7) is 9.56. The molecular weight excluding hydrogens is 406 g/mol. The minimum atomic E-state index is -0.125. The van der Waals surface area contributed by atoms with Gasteiger partial charge in [0.15, 0.2) is 0 Å². The topological polar surface area (TPSA) is 30.2 Å². The normalized spacial score (nSPS) is 16.5. The minimum Gasteiger partial charge on any atom is -0.297 e. The van der Waals surface area contributed by atoms with Gasteiger partial charge in [0.2, 0.25) is 0 Å². The van der Waals surface area contributed by atoms with E-state index in [4.69, 9.17) is 11.6 Å². The number of hydrogen-bond acceptors (Lipinski definition) is 2. The predicted molar refractivity (Wildman–Crippen MR) is 132 cm³/mol. The summed E-state index contributed by atoms with van der Waals surface area (Å²) < 4.78 is 3.75. The first-order valence-electron chi connectivity index (χ1n) is 11.6. The average molecular weight is 442 g/mol. The summed E-state index contributed by atoms with van der Waals surface area (Å²) in [6, 6.07) is 10.8. The van der Waals surface area contributed by atoms with Crippen LogP contribution in [0.1, 0.15) is 57.7 Å². The summed E-state index contributed by atoms with van der Waals surface area (Å²) in [5, 5.41) is 0.357. The van der Waals surface area contributed by atoms with E-state index >= 15 is 0 Å². The fourth-order valence-corrected chi connectivity index (χ4v) is 4.88. The van der Waals surface area contributed by atoms with Crippen molar-refractivity contribution in [2.24, 2.45) is 5.92 Å². The van der Waals surface area contributed by atoms with Gasteiger partial charge in [-0.15, -0.1) is 0 Å². The molecule has 3 rings (SSSR count). The van der Waals surface area contributed by atoms with E-state index in [0.717, 1.165) is 36.9 Å². The quantitative estimate of drug-likeness (QED) is 0.447. The zero-order valence-corrected chi connectivity index (χ0v) is 19.9. The van der Waals surface area contributed by atoms with Crippen LogP contribution >= 0.6 is 11.6 Å². The molecule has 0 atom stereocenters. The van der Waals surface area contributed by atoms with Crippen molar-refractivity contribution in [1.82, 2.24) is 14.3 Å². The van der Waals surface area contributed by atoms with Crippen molar-refractivity contribution in [3.63, 3.8) is 0 Å². The van der Waals surface area contributed by atoms with Crippen molar-refractivity contribution < 1.29 is 0 Å². The van der Waals surface area contributed by atoms with E-state index in [2.05, 4.69) is 42.2 Å². The van der Waals surface area contributed by atoms with Crippen LogP contribution in [0.25, 0.3) is 5.70 Å². The molecule has 4 nitrogen and oxygen atoms in total. The average Bonchev–Trinajstić information content (AvgIpc) is 3.03. The zero-order valence-electron chi connectivity index (χ0n) is 19.2. The number of aromatic nitrogens is 2. The molecule has 1 saturated heterocycles. The first-order valence-corrected chi connectivity index (χ1v) is 12.0. The van der Waals surface area contributed by atoms with Gasteiger partial charge in [0.1, 0.15) is 5.02 Å². The summed E-state index contributed by atoms with van der Waals surface area (Å²) in [4.78, 5) is 15.3. The number of piperidine rings is 1. The molecule has 0 saturated carbocycles. The number of likely N-dealkylation sites (tertiary alicyclic amines) is 1. The Kier molecular flexibility index (Phi) is 8.79. The van der Waals surface area contributed by atoms with Crippen molar-refractivity contribution in [2.75, 3.05) is 13.1 Å². The van der Waals surface area contributed by atoms with Gasteiger partial charge in [0, 0.05) is 13.1 Å². The Morgan fingerprint density at radius 3 is 2.48 bits per heavy atom. The second-order valence-electron chi connectivity index (χ2n) is 8.40. The van der Waals surface area contributed by atoms with Gasteiger partial charge in [0.25, 0.3) is 5.56 Å². The van der Waals surface area contributed by atoms with Crippen LogP contribution in [-0.2, 0) is 19.5 Å². The monoisotopic (exact) mass is 441 g/mol. The molecule has 0 spiro atoms. The standard InChI is InChI=1S/C26H36ClN3O/c1-4-11-23(5-2)30-26(31)25(27)24(29(30)6-3)20-28-18-16-22(17-19-28)15-10-14-21-12-8-7-9-13-21/h4-5,7-9,11-13,22H,6,10,14-20H2,1-3H3/b11-4-,23-5+. The summed E-state index contributed by atoms with van der Waals surface area (Å²) in [5.41, 5.74) is 3.11. The third-order valence-electron chi connectivity index (χ3n) is 6.36. The number of benzene rings is 1. The highest BCUT2D eigenvalue weighted by atomic mass is 35.5. The maximum atomic E-state index is 12.9. The molecule has 1 aliphatic heterocycles. The molecule has 1 aromatic heterocycles. The highest BCUT2D eigenvalue weighted by molar-refractivity contribution is 6.31. The summed E-state index contributed by atoms with van der Waals surface area (Å²) >= 11 is 6.54. The number of nitrogens with zero attached hydrogens (tertiary/aromatic N) is 3. The maximum absolute atomic E-state index is 12.9. The van der Waals surface area contributed by atoms with E-state index in [1.165, 1.54) is 37.7 Å². The molecule has 0 radical (unpaired) electrons. The van der Waals surface area contributed by atoms with E-state index in [9.17, 15) is 4.79 Å². The Balaban J connectivity index is 1.59. The minimum absolute atomic E-state index is 0.125. The first-order chi connectivity index (χ1) is 15.1. The van der Waals surface area contributed by atoms with E-state index < -0.39 is 0 Å². The number of halogens is 1. The highest BCUT2D eigenvalue weighted by Gasteiger charge is 2.24.